The lowest BCUT2D eigenvalue weighted by atomic mass is 10.2. The Morgan fingerprint density at radius 2 is 1.95 bits per heavy atom. The van der Waals surface area contributed by atoms with Gasteiger partial charge < -0.3 is 4.74 Å². The van der Waals surface area contributed by atoms with Gasteiger partial charge in [-0.25, -0.2) is 9.50 Å². The maximum absolute atomic E-state index is 5.76. The molecular weight excluding hydrogens is 298 g/mol. The van der Waals surface area contributed by atoms with Crippen molar-refractivity contribution in [3.8, 4) is 0 Å². The molecule has 0 amide bonds. The minimum absolute atomic E-state index is 0.317. The van der Waals surface area contributed by atoms with Crippen molar-refractivity contribution in [1.82, 2.24) is 24.5 Å². The third-order valence-electron chi connectivity index (χ3n) is 3.73. The number of aryl methyl sites for hydroxylation is 2. The van der Waals surface area contributed by atoms with E-state index < -0.39 is 0 Å². The second-order valence-corrected chi connectivity index (χ2v) is 7.07. The number of aromatic nitrogens is 4. The van der Waals surface area contributed by atoms with E-state index in [0.29, 0.717) is 18.0 Å². The summed E-state index contributed by atoms with van der Waals surface area (Å²) in [5, 5.41) is 5.33. The zero-order chi connectivity index (χ0) is 15.7. The zero-order valence-corrected chi connectivity index (χ0v) is 14.4. The first-order chi connectivity index (χ1) is 10.5. The van der Waals surface area contributed by atoms with Crippen LogP contribution in [0.5, 0.6) is 0 Å². The average molecular weight is 321 g/mol. The molecule has 0 spiro atoms. The van der Waals surface area contributed by atoms with Crippen molar-refractivity contribution in [2.45, 2.75) is 45.1 Å². The maximum atomic E-state index is 5.76. The largest absolute Gasteiger partial charge is 0.373 e. The van der Waals surface area contributed by atoms with Crippen LogP contribution in [0.2, 0.25) is 0 Å². The summed E-state index contributed by atoms with van der Waals surface area (Å²) in [4.78, 5) is 11.4. The normalized spacial score (nSPS) is 23.3. The number of nitrogens with zero attached hydrogens (tertiary/aromatic N) is 5. The predicted molar refractivity (Wildman–Crippen MR) is 87.4 cm³/mol. The third-order valence-corrected chi connectivity index (χ3v) is 4.55. The molecule has 2 atom stereocenters. The summed E-state index contributed by atoms with van der Waals surface area (Å²) in [6.07, 6.45) is 0.633. The Morgan fingerprint density at radius 1 is 1.23 bits per heavy atom. The number of hydrogen-bond acceptors (Lipinski definition) is 6. The highest BCUT2D eigenvalue weighted by Gasteiger charge is 2.21. The fourth-order valence-electron chi connectivity index (χ4n) is 2.94. The van der Waals surface area contributed by atoms with Crippen LogP contribution >= 0.6 is 11.8 Å². The SMILES string of the molecule is Cc1cc(C)n2nc(SCCN3C[C@H](C)O[C@@H](C)C3)nc2n1. The van der Waals surface area contributed by atoms with Crippen molar-refractivity contribution >= 4 is 17.5 Å². The predicted octanol–water partition coefficient (Wildman–Crippen LogP) is 1.94. The highest BCUT2D eigenvalue weighted by molar-refractivity contribution is 7.99. The van der Waals surface area contributed by atoms with Gasteiger partial charge in [0.25, 0.3) is 5.78 Å². The van der Waals surface area contributed by atoms with Gasteiger partial charge >= 0.3 is 0 Å². The van der Waals surface area contributed by atoms with E-state index in [0.717, 1.165) is 41.9 Å². The standard InChI is InChI=1S/C15H23N5OS/c1-10-7-11(2)20-14(16-10)17-15(18-20)22-6-5-19-8-12(3)21-13(4)9-19/h7,12-13H,5-6,8-9H2,1-4H3/t12-,13-/m0/s1. The molecule has 2 aromatic rings. The Bertz CT molecular complexity index is 649. The number of morpholine rings is 1. The van der Waals surface area contributed by atoms with Gasteiger partial charge in [-0.3, -0.25) is 4.90 Å². The van der Waals surface area contributed by atoms with Crippen molar-refractivity contribution in [3.63, 3.8) is 0 Å². The van der Waals surface area contributed by atoms with Crippen molar-refractivity contribution in [2.75, 3.05) is 25.4 Å². The molecule has 1 aliphatic rings. The van der Waals surface area contributed by atoms with Gasteiger partial charge in [-0.15, -0.1) is 5.10 Å². The van der Waals surface area contributed by atoms with Crippen LogP contribution < -0.4 is 0 Å². The quantitative estimate of drug-likeness (QED) is 0.802. The van der Waals surface area contributed by atoms with Crippen molar-refractivity contribution in [3.05, 3.63) is 17.5 Å². The highest BCUT2D eigenvalue weighted by atomic mass is 32.2. The Morgan fingerprint density at radius 3 is 2.68 bits per heavy atom. The number of thioether (sulfide) groups is 1. The number of hydrogen-bond donors (Lipinski definition) is 0. The molecule has 1 aliphatic heterocycles. The van der Waals surface area contributed by atoms with Crippen LogP contribution in [0, 0.1) is 13.8 Å². The smallest absolute Gasteiger partial charge is 0.253 e. The lowest BCUT2D eigenvalue weighted by Crippen LogP contribution is -2.46. The van der Waals surface area contributed by atoms with E-state index in [1.807, 2.05) is 24.4 Å². The van der Waals surface area contributed by atoms with E-state index in [9.17, 15) is 0 Å². The maximum Gasteiger partial charge on any atom is 0.253 e. The van der Waals surface area contributed by atoms with E-state index in [2.05, 4.69) is 33.8 Å². The summed E-state index contributed by atoms with van der Waals surface area (Å²) in [5.41, 5.74) is 2.04. The molecule has 1 fully saturated rings. The molecule has 2 aromatic heterocycles. The first-order valence-corrected chi connectivity index (χ1v) is 8.71. The van der Waals surface area contributed by atoms with Crippen LogP contribution in [0.3, 0.4) is 0 Å². The minimum Gasteiger partial charge on any atom is -0.373 e. The van der Waals surface area contributed by atoms with Crippen LogP contribution in [-0.2, 0) is 4.74 Å². The van der Waals surface area contributed by atoms with E-state index in [1.165, 1.54) is 0 Å². The molecule has 0 unspecified atom stereocenters. The molecule has 0 aliphatic carbocycles. The van der Waals surface area contributed by atoms with Crippen LogP contribution in [0.25, 0.3) is 5.78 Å². The minimum atomic E-state index is 0.317. The fourth-order valence-corrected chi connectivity index (χ4v) is 3.76. The van der Waals surface area contributed by atoms with E-state index in [-0.39, 0.29) is 0 Å². The molecule has 3 rings (SSSR count). The van der Waals surface area contributed by atoms with Crippen molar-refractivity contribution in [1.29, 1.82) is 0 Å². The molecule has 6 nitrogen and oxygen atoms in total. The molecule has 7 heteroatoms. The molecule has 22 heavy (non-hydrogen) atoms. The van der Waals surface area contributed by atoms with Gasteiger partial charge in [0.05, 0.1) is 12.2 Å². The van der Waals surface area contributed by atoms with Crippen LogP contribution in [-0.4, -0.2) is 62.1 Å². The van der Waals surface area contributed by atoms with E-state index in [1.54, 1.807) is 11.8 Å². The Balaban J connectivity index is 1.59. The van der Waals surface area contributed by atoms with Gasteiger partial charge in [-0.1, -0.05) is 11.8 Å². The number of ether oxygens (including phenoxy) is 1. The van der Waals surface area contributed by atoms with Gasteiger partial charge in [0, 0.05) is 36.8 Å². The molecule has 0 N–H and O–H groups in total. The second-order valence-electron chi connectivity index (χ2n) is 6.01. The lowest BCUT2D eigenvalue weighted by Gasteiger charge is -2.35. The number of rotatable bonds is 4. The first-order valence-electron chi connectivity index (χ1n) is 7.73. The van der Waals surface area contributed by atoms with Gasteiger partial charge in [0.15, 0.2) is 0 Å². The average Bonchev–Trinajstić information content (AvgIpc) is 2.80. The first kappa shape index (κ1) is 15.7. The number of fused-ring (bicyclic) bond motifs is 1. The third kappa shape index (κ3) is 3.59. The summed E-state index contributed by atoms with van der Waals surface area (Å²) in [7, 11) is 0. The fraction of sp³-hybridized carbons (Fsp3) is 0.667. The molecular formula is C15H23N5OS. The zero-order valence-electron chi connectivity index (χ0n) is 13.6. The summed E-state index contributed by atoms with van der Waals surface area (Å²) in [6.45, 7) is 11.3. The second kappa shape index (κ2) is 6.52. The Hall–Kier alpha value is -1.18. The van der Waals surface area contributed by atoms with Gasteiger partial charge in [-0.05, 0) is 33.8 Å². The summed E-state index contributed by atoms with van der Waals surface area (Å²) < 4.78 is 7.57. The van der Waals surface area contributed by atoms with E-state index >= 15 is 0 Å². The molecule has 1 saturated heterocycles. The molecule has 0 radical (unpaired) electrons. The molecule has 0 saturated carbocycles. The molecule has 120 valence electrons. The van der Waals surface area contributed by atoms with Crippen molar-refractivity contribution < 1.29 is 4.74 Å². The Kier molecular flexibility index (Phi) is 4.65. The summed E-state index contributed by atoms with van der Waals surface area (Å²) in [5.74, 6) is 1.67. The topological polar surface area (TPSA) is 55.5 Å². The van der Waals surface area contributed by atoms with E-state index in [4.69, 9.17) is 4.74 Å². The Labute approximate surface area is 135 Å². The summed E-state index contributed by atoms with van der Waals surface area (Å²) >= 11 is 1.69. The monoisotopic (exact) mass is 321 g/mol. The molecule has 0 aromatic carbocycles. The van der Waals surface area contributed by atoms with Crippen LogP contribution in [0.1, 0.15) is 25.2 Å². The van der Waals surface area contributed by atoms with Crippen LogP contribution in [0.15, 0.2) is 11.2 Å². The molecule has 0 bridgehead atoms. The van der Waals surface area contributed by atoms with Gasteiger partial charge in [-0.2, -0.15) is 4.98 Å². The lowest BCUT2D eigenvalue weighted by molar-refractivity contribution is -0.0661. The summed E-state index contributed by atoms with van der Waals surface area (Å²) in [6, 6.07) is 2.02. The molecule has 3 heterocycles. The van der Waals surface area contributed by atoms with Crippen molar-refractivity contribution in [2.24, 2.45) is 0 Å². The van der Waals surface area contributed by atoms with Crippen LogP contribution in [0.4, 0.5) is 0 Å². The van der Waals surface area contributed by atoms with Gasteiger partial charge in [0.2, 0.25) is 5.16 Å². The highest BCUT2D eigenvalue weighted by Crippen LogP contribution is 2.17. The van der Waals surface area contributed by atoms with Gasteiger partial charge in [0.1, 0.15) is 0 Å².